The van der Waals surface area contributed by atoms with Crippen molar-refractivity contribution < 1.29 is 18.0 Å². The monoisotopic (exact) mass is 229 g/mol. The second kappa shape index (κ2) is 3.90. The minimum Gasteiger partial charge on any atom is -0.304 e. The van der Waals surface area contributed by atoms with Crippen LogP contribution >= 0.6 is 0 Å². The summed E-state index contributed by atoms with van der Waals surface area (Å²) in [5.74, 6) is 0. The van der Waals surface area contributed by atoms with Gasteiger partial charge in [0.05, 0.1) is 11.6 Å². The fourth-order valence-electron chi connectivity index (χ4n) is 2.02. The Morgan fingerprint density at radius 3 is 2.75 bits per heavy atom. The van der Waals surface area contributed by atoms with Crippen molar-refractivity contribution in [2.24, 2.45) is 0 Å². The zero-order valence-corrected chi connectivity index (χ0v) is 8.34. The summed E-state index contributed by atoms with van der Waals surface area (Å²) in [6.07, 6.45) is -3.41. The van der Waals surface area contributed by atoms with Crippen LogP contribution in [0.1, 0.15) is 22.7 Å². The fraction of sp³-hybridized carbons (Fsp3) is 0.364. The van der Waals surface area contributed by atoms with Crippen LogP contribution in [0.4, 0.5) is 13.2 Å². The zero-order valence-electron chi connectivity index (χ0n) is 8.34. The summed E-state index contributed by atoms with van der Waals surface area (Å²) in [7, 11) is 0. The third kappa shape index (κ3) is 1.82. The van der Waals surface area contributed by atoms with E-state index in [0.29, 0.717) is 24.8 Å². The van der Waals surface area contributed by atoms with Gasteiger partial charge in [0.15, 0.2) is 0 Å². The van der Waals surface area contributed by atoms with E-state index in [-0.39, 0.29) is 5.56 Å². The van der Waals surface area contributed by atoms with E-state index in [0.717, 1.165) is 6.07 Å². The molecule has 2 nitrogen and oxygen atoms in total. The van der Waals surface area contributed by atoms with Gasteiger partial charge in [-0.25, -0.2) is 0 Å². The summed E-state index contributed by atoms with van der Waals surface area (Å²) in [6.45, 7) is 0.392. The molecule has 0 aliphatic carbocycles. The van der Waals surface area contributed by atoms with Crippen molar-refractivity contribution in [3.05, 3.63) is 34.9 Å². The molecule has 1 aromatic carbocycles. The maximum atomic E-state index is 12.7. The van der Waals surface area contributed by atoms with Gasteiger partial charge in [0.1, 0.15) is 6.29 Å². The van der Waals surface area contributed by atoms with Gasteiger partial charge >= 0.3 is 6.18 Å². The molecule has 0 bridgehead atoms. The summed E-state index contributed by atoms with van der Waals surface area (Å²) >= 11 is 0. The molecule has 1 atom stereocenters. The maximum Gasteiger partial charge on any atom is 0.416 e. The van der Waals surface area contributed by atoms with Crippen molar-refractivity contribution in [2.45, 2.75) is 18.6 Å². The van der Waals surface area contributed by atoms with E-state index in [1.807, 2.05) is 0 Å². The van der Waals surface area contributed by atoms with Gasteiger partial charge in [0.25, 0.3) is 0 Å². The lowest BCUT2D eigenvalue weighted by Crippen LogP contribution is -2.32. The molecule has 1 aromatic rings. The summed E-state index contributed by atoms with van der Waals surface area (Å²) in [6, 6.07) is 3.35. The van der Waals surface area contributed by atoms with Gasteiger partial charge in [-0.3, -0.25) is 0 Å². The predicted octanol–water partition coefficient (Wildman–Crippen LogP) is 2.09. The zero-order chi connectivity index (χ0) is 11.8. The second-order valence-corrected chi connectivity index (χ2v) is 3.69. The molecule has 0 fully saturated rings. The van der Waals surface area contributed by atoms with E-state index in [1.165, 1.54) is 6.07 Å². The number of benzene rings is 1. The average molecular weight is 229 g/mol. The molecule has 0 saturated carbocycles. The lowest BCUT2D eigenvalue weighted by Gasteiger charge is -2.25. The van der Waals surface area contributed by atoms with Crippen LogP contribution in [-0.2, 0) is 17.4 Å². The van der Waals surface area contributed by atoms with E-state index >= 15 is 0 Å². The van der Waals surface area contributed by atoms with Crippen LogP contribution in [0.3, 0.4) is 0 Å². The van der Waals surface area contributed by atoms with E-state index in [2.05, 4.69) is 5.32 Å². The normalized spacial score (nSPS) is 20.3. The number of alkyl halides is 3. The minimum atomic E-state index is -4.35. The standard InChI is InChI=1S/C11H10F3NO/c12-11(13,14)9-3-1-2-8-7(9)4-5-15-10(8)6-16/h1-3,6,10,15H,4-5H2. The van der Waals surface area contributed by atoms with Crippen LogP contribution in [0.15, 0.2) is 18.2 Å². The first-order chi connectivity index (χ1) is 7.54. The molecule has 0 amide bonds. The van der Waals surface area contributed by atoms with E-state index in [1.54, 1.807) is 6.07 Å². The van der Waals surface area contributed by atoms with Crippen LogP contribution in [0.25, 0.3) is 0 Å². The number of nitrogens with one attached hydrogen (secondary N) is 1. The quantitative estimate of drug-likeness (QED) is 0.747. The molecule has 0 spiro atoms. The van der Waals surface area contributed by atoms with Crippen molar-refractivity contribution >= 4 is 6.29 Å². The summed E-state index contributed by atoms with van der Waals surface area (Å²) in [5, 5.41) is 2.87. The molecule has 1 heterocycles. The molecule has 5 heteroatoms. The van der Waals surface area contributed by atoms with Gasteiger partial charge in [-0.15, -0.1) is 0 Å². The topological polar surface area (TPSA) is 29.1 Å². The Balaban J connectivity index is 2.55. The maximum absolute atomic E-state index is 12.7. The van der Waals surface area contributed by atoms with Crippen molar-refractivity contribution in [1.29, 1.82) is 0 Å². The summed E-state index contributed by atoms with van der Waals surface area (Å²) in [5.41, 5.74) is 0.0558. The number of carbonyl (C=O) groups is 1. The molecule has 2 rings (SSSR count). The Kier molecular flexibility index (Phi) is 2.71. The van der Waals surface area contributed by atoms with Crippen LogP contribution in [-0.4, -0.2) is 12.8 Å². The number of fused-ring (bicyclic) bond motifs is 1. The van der Waals surface area contributed by atoms with Gasteiger partial charge in [-0.1, -0.05) is 12.1 Å². The Bertz CT molecular complexity index is 414. The molecular weight excluding hydrogens is 219 g/mol. The lowest BCUT2D eigenvalue weighted by atomic mass is 9.91. The highest BCUT2D eigenvalue weighted by Gasteiger charge is 2.35. The Labute approximate surface area is 90.5 Å². The number of hydrogen-bond donors (Lipinski definition) is 1. The molecule has 0 radical (unpaired) electrons. The molecule has 1 aliphatic rings. The smallest absolute Gasteiger partial charge is 0.304 e. The highest BCUT2D eigenvalue weighted by atomic mass is 19.4. The molecule has 1 aliphatic heterocycles. The largest absolute Gasteiger partial charge is 0.416 e. The Morgan fingerprint density at radius 2 is 2.12 bits per heavy atom. The number of carbonyl (C=O) groups excluding carboxylic acids is 1. The first-order valence-electron chi connectivity index (χ1n) is 4.91. The predicted molar refractivity (Wildman–Crippen MR) is 52.0 cm³/mol. The number of rotatable bonds is 1. The molecule has 0 aromatic heterocycles. The van der Waals surface area contributed by atoms with Crippen molar-refractivity contribution in [3.63, 3.8) is 0 Å². The number of hydrogen-bond acceptors (Lipinski definition) is 2. The lowest BCUT2D eigenvalue weighted by molar-refractivity contribution is -0.138. The van der Waals surface area contributed by atoms with Crippen LogP contribution in [0, 0.1) is 0 Å². The van der Waals surface area contributed by atoms with Crippen LogP contribution < -0.4 is 5.32 Å². The summed E-state index contributed by atoms with van der Waals surface area (Å²) in [4.78, 5) is 10.7. The van der Waals surface area contributed by atoms with E-state index < -0.39 is 17.8 Å². The second-order valence-electron chi connectivity index (χ2n) is 3.69. The molecule has 86 valence electrons. The summed E-state index contributed by atoms with van der Waals surface area (Å²) < 4.78 is 38.1. The third-order valence-electron chi connectivity index (χ3n) is 2.73. The Morgan fingerprint density at radius 1 is 1.38 bits per heavy atom. The van der Waals surface area contributed by atoms with Crippen molar-refractivity contribution in [1.82, 2.24) is 5.32 Å². The van der Waals surface area contributed by atoms with Gasteiger partial charge in [0.2, 0.25) is 0 Å². The number of halogens is 3. The fourth-order valence-corrected chi connectivity index (χ4v) is 2.02. The van der Waals surface area contributed by atoms with E-state index in [9.17, 15) is 18.0 Å². The molecule has 1 N–H and O–H groups in total. The van der Waals surface area contributed by atoms with Gasteiger partial charge in [-0.05, 0) is 23.6 Å². The molecular formula is C11H10F3NO. The van der Waals surface area contributed by atoms with Gasteiger partial charge < -0.3 is 10.1 Å². The molecule has 16 heavy (non-hydrogen) atoms. The highest BCUT2D eigenvalue weighted by molar-refractivity contribution is 5.64. The third-order valence-corrected chi connectivity index (χ3v) is 2.73. The first kappa shape index (κ1) is 11.1. The first-order valence-corrected chi connectivity index (χ1v) is 4.91. The minimum absolute atomic E-state index is 0.242. The SMILES string of the molecule is O=CC1NCCc2c1cccc2C(F)(F)F. The van der Waals surface area contributed by atoms with Crippen molar-refractivity contribution in [2.75, 3.05) is 6.54 Å². The Hall–Kier alpha value is -1.36. The average Bonchev–Trinajstić information content (AvgIpc) is 2.26. The van der Waals surface area contributed by atoms with Gasteiger partial charge in [0, 0.05) is 6.54 Å². The van der Waals surface area contributed by atoms with Crippen LogP contribution in [0.5, 0.6) is 0 Å². The molecule has 0 saturated heterocycles. The molecule has 1 unspecified atom stereocenters. The number of aldehydes is 1. The van der Waals surface area contributed by atoms with Crippen molar-refractivity contribution in [3.8, 4) is 0 Å². The van der Waals surface area contributed by atoms with Crippen LogP contribution in [0.2, 0.25) is 0 Å². The van der Waals surface area contributed by atoms with E-state index in [4.69, 9.17) is 0 Å². The highest BCUT2D eigenvalue weighted by Crippen LogP contribution is 2.36. The van der Waals surface area contributed by atoms with Gasteiger partial charge in [-0.2, -0.15) is 13.2 Å².